The highest BCUT2D eigenvalue weighted by Crippen LogP contribution is 2.33. The summed E-state index contributed by atoms with van der Waals surface area (Å²) < 4.78 is 5.31. The Labute approximate surface area is 80.5 Å². The third-order valence-corrected chi connectivity index (χ3v) is 3.10. The van der Waals surface area contributed by atoms with Crippen LogP contribution in [0.2, 0.25) is 0 Å². The molecule has 0 saturated heterocycles. The van der Waals surface area contributed by atoms with E-state index in [4.69, 9.17) is 4.74 Å². The van der Waals surface area contributed by atoms with Gasteiger partial charge in [-0.15, -0.1) is 0 Å². The van der Waals surface area contributed by atoms with Crippen LogP contribution in [-0.2, 0) is 4.74 Å². The lowest BCUT2D eigenvalue weighted by atomic mass is 9.80. The third-order valence-electron chi connectivity index (χ3n) is 3.10. The minimum Gasteiger partial charge on any atom is -0.501 e. The van der Waals surface area contributed by atoms with Crippen LogP contribution < -0.4 is 0 Å². The van der Waals surface area contributed by atoms with Crippen LogP contribution in [0.1, 0.15) is 32.6 Å². The fourth-order valence-corrected chi connectivity index (χ4v) is 2.34. The van der Waals surface area contributed by atoms with E-state index in [1.54, 1.807) is 0 Å². The van der Waals surface area contributed by atoms with Crippen LogP contribution in [0.4, 0.5) is 0 Å². The van der Waals surface area contributed by atoms with Crippen molar-refractivity contribution in [3.8, 4) is 0 Å². The molecule has 2 rings (SSSR count). The molecule has 1 aliphatic carbocycles. The van der Waals surface area contributed by atoms with Gasteiger partial charge >= 0.3 is 0 Å². The van der Waals surface area contributed by atoms with Crippen molar-refractivity contribution in [2.45, 2.75) is 32.6 Å². The van der Waals surface area contributed by atoms with Crippen LogP contribution in [0.3, 0.4) is 0 Å². The van der Waals surface area contributed by atoms with Gasteiger partial charge in [-0.05, 0) is 36.8 Å². The molecular weight excluding hydrogens is 160 g/mol. The van der Waals surface area contributed by atoms with Crippen LogP contribution >= 0.6 is 0 Å². The molecular formula is C12H18O. The van der Waals surface area contributed by atoms with Crippen LogP contribution in [0.25, 0.3) is 0 Å². The smallest absolute Gasteiger partial charge is 0.0941 e. The highest BCUT2D eigenvalue weighted by Gasteiger charge is 2.23. The van der Waals surface area contributed by atoms with Crippen LogP contribution in [-0.4, -0.2) is 6.61 Å². The Kier molecular flexibility index (Phi) is 2.72. The first kappa shape index (κ1) is 8.86. The van der Waals surface area contributed by atoms with Crippen molar-refractivity contribution in [3.05, 3.63) is 24.0 Å². The minimum absolute atomic E-state index is 0.693. The molecule has 0 aromatic heterocycles. The summed E-state index contributed by atoms with van der Waals surface area (Å²) in [5.41, 5.74) is 1.52. The molecule has 0 radical (unpaired) electrons. The average Bonchev–Trinajstić information content (AvgIpc) is 2.18. The summed E-state index contributed by atoms with van der Waals surface area (Å²) in [6.45, 7) is 3.17. The van der Waals surface area contributed by atoms with Crippen molar-refractivity contribution < 1.29 is 4.74 Å². The third kappa shape index (κ3) is 1.96. The fourth-order valence-electron chi connectivity index (χ4n) is 2.34. The molecule has 0 N–H and O–H groups in total. The SMILES string of the molecule is CCCC1C=C2C=COCC2CC1. The van der Waals surface area contributed by atoms with Gasteiger partial charge in [0.2, 0.25) is 0 Å². The topological polar surface area (TPSA) is 9.23 Å². The summed E-state index contributed by atoms with van der Waals surface area (Å²) in [6, 6.07) is 0. The normalized spacial score (nSPS) is 31.9. The van der Waals surface area contributed by atoms with E-state index in [1.807, 2.05) is 6.26 Å². The van der Waals surface area contributed by atoms with Crippen LogP contribution in [0, 0.1) is 11.8 Å². The molecule has 0 spiro atoms. The Morgan fingerprint density at radius 1 is 1.46 bits per heavy atom. The van der Waals surface area contributed by atoms with Gasteiger partial charge in [-0.2, -0.15) is 0 Å². The molecule has 72 valence electrons. The Bertz CT molecular complexity index is 227. The molecule has 1 heteroatoms. The standard InChI is InChI=1S/C12H18O/c1-2-3-10-4-5-12-9-13-7-6-11(12)8-10/h6-8,10,12H,2-5,9H2,1H3. The lowest BCUT2D eigenvalue weighted by Crippen LogP contribution is -2.19. The van der Waals surface area contributed by atoms with Crippen molar-refractivity contribution in [1.29, 1.82) is 0 Å². The molecule has 1 aliphatic heterocycles. The molecule has 13 heavy (non-hydrogen) atoms. The number of hydrogen-bond donors (Lipinski definition) is 0. The zero-order chi connectivity index (χ0) is 9.10. The van der Waals surface area contributed by atoms with Crippen molar-refractivity contribution in [3.63, 3.8) is 0 Å². The molecule has 0 bridgehead atoms. The molecule has 0 aromatic carbocycles. The lowest BCUT2D eigenvalue weighted by Gasteiger charge is -2.29. The van der Waals surface area contributed by atoms with Gasteiger partial charge in [-0.25, -0.2) is 0 Å². The maximum absolute atomic E-state index is 5.31. The molecule has 0 saturated carbocycles. The number of hydrogen-bond acceptors (Lipinski definition) is 1. The molecule has 1 nitrogen and oxygen atoms in total. The van der Waals surface area contributed by atoms with Crippen molar-refractivity contribution >= 4 is 0 Å². The van der Waals surface area contributed by atoms with Crippen molar-refractivity contribution in [1.82, 2.24) is 0 Å². The van der Waals surface area contributed by atoms with Crippen LogP contribution in [0.15, 0.2) is 24.0 Å². The highest BCUT2D eigenvalue weighted by molar-refractivity contribution is 5.25. The van der Waals surface area contributed by atoms with Gasteiger partial charge in [0.15, 0.2) is 0 Å². The van der Waals surface area contributed by atoms with Gasteiger partial charge in [0, 0.05) is 5.92 Å². The molecule has 0 amide bonds. The minimum atomic E-state index is 0.693. The largest absolute Gasteiger partial charge is 0.501 e. The first-order valence-corrected chi connectivity index (χ1v) is 5.40. The first-order valence-electron chi connectivity index (χ1n) is 5.40. The molecule has 2 unspecified atom stereocenters. The number of fused-ring (bicyclic) bond motifs is 1. The van der Waals surface area contributed by atoms with Crippen molar-refractivity contribution in [2.24, 2.45) is 11.8 Å². The lowest BCUT2D eigenvalue weighted by molar-refractivity contribution is 0.184. The summed E-state index contributed by atoms with van der Waals surface area (Å²) in [6.07, 6.45) is 11.8. The summed E-state index contributed by atoms with van der Waals surface area (Å²) in [5, 5.41) is 0. The predicted octanol–water partition coefficient (Wildman–Crippen LogP) is 3.28. The van der Waals surface area contributed by atoms with E-state index < -0.39 is 0 Å². The van der Waals surface area contributed by atoms with Crippen LogP contribution in [0.5, 0.6) is 0 Å². The average molecular weight is 178 g/mol. The molecule has 2 atom stereocenters. The Balaban J connectivity index is 2.07. The van der Waals surface area contributed by atoms with E-state index in [0.717, 1.165) is 12.5 Å². The second-order valence-electron chi connectivity index (χ2n) is 4.13. The zero-order valence-corrected chi connectivity index (χ0v) is 8.33. The Hall–Kier alpha value is -0.720. The number of rotatable bonds is 2. The molecule has 1 heterocycles. The zero-order valence-electron chi connectivity index (χ0n) is 8.33. The van der Waals surface area contributed by atoms with E-state index in [-0.39, 0.29) is 0 Å². The summed E-state index contributed by atoms with van der Waals surface area (Å²) in [4.78, 5) is 0. The Morgan fingerprint density at radius 3 is 3.23 bits per heavy atom. The summed E-state index contributed by atoms with van der Waals surface area (Å²) in [5.74, 6) is 1.53. The van der Waals surface area contributed by atoms with Gasteiger partial charge in [0.05, 0.1) is 12.9 Å². The van der Waals surface area contributed by atoms with E-state index in [9.17, 15) is 0 Å². The van der Waals surface area contributed by atoms with Gasteiger partial charge in [0.1, 0.15) is 0 Å². The highest BCUT2D eigenvalue weighted by atomic mass is 16.5. The quantitative estimate of drug-likeness (QED) is 0.630. The van der Waals surface area contributed by atoms with Gasteiger partial charge in [-0.3, -0.25) is 0 Å². The first-order chi connectivity index (χ1) is 6.40. The van der Waals surface area contributed by atoms with E-state index in [1.165, 1.54) is 31.3 Å². The van der Waals surface area contributed by atoms with Crippen molar-refractivity contribution in [2.75, 3.05) is 6.61 Å². The summed E-state index contributed by atoms with van der Waals surface area (Å²) in [7, 11) is 0. The monoisotopic (exact) mass is 178 g/mol. The molecule has 0 aromatic rings. The molecule has 2 aliphatic rings. The maximum atomic E-state index is 5.31. The number of ether oxygens (including phenoxy) is 1. The maximum Gasteiger partial charge on any atom is 0.0941 e. The Morgan fingerprint density at radius 2 is 2.38 bits per heavy atom. The predicted molar refractivity (Wildman–Crippen MR) is 54.3 cm³/mol. The van der Waals surface area contributed by atoms with Gasteiger partial charge < -0.3 is 4.74 Å². The van der Waals surface area contributed by atoms with Gasteiger partial charge in [-0.1, -0.05) is 19.4 Å². The number of allylic oxidation sites excluding steroid dienone is 2. The van der Waals surface area contributed by atoms with Gasteiger partial charge in [0.25, 0.3) is 0 Å². The van der Waals surface area contributed by atoms with E-state index in [0.29, 0.717) is 5.92 Å². The second kappa shape index (κ2) is 3.99. The molecule has 0 fully saturated rings. The summed E-state index contributed by atoms with van der Waals surface area (Å²) >= 11 is 0. The second-order valence-corrected chi connectivity index (χ2v) is 4.13. The van der Waals surface area contributed by atoms with E-state index >= 15 is 0 Å². The fraction of sp³-hybridized carbons (Fsp3) is 0.667. The van der Waals surface area contributed by atoms with E-state index in [2.05, 4.69) is 19.1 Å².